The molecule has 5 rings (SSSR count). The third-order valence-electron chi connectivity index (χ3n) is 7.07. The number of hydrogen-bond acceptors (Lipinski definition) is 5. The minimum atomic E-state index is -4.04. The minimum absolute atomic E-state index is 0.0766. The van der Waals surface area contributed by atoms with Gasteiger partial charge in [0.05, 0.1) is 0 Å². The van der Waals surface area contributed by atoms with Crippen molar-refractivity contribution >= 4 is 33.4 Å². The Kier molecular flexibility index (Phi) is 5.14. The number of nitrogens with zero attached hydrogens (tertiary/aromatic N) is 1. The molecule has 1 heterocycles. The zero-order valence-electron chi connectivity index (χ0n) is 17.0. The summed E-state index contributed by atoms with van der Waals surface area (Å²) in [7, 11) is -4.04. The normalized spacial score (nSPS) is 32.8. The second kappa shape index (κ2) is 7.17. The number of aromatic nitrogens is 1. The standard InChI is InChI=1S/C20H27ClN4O4S/c1-19(2,25-30(28,29)14-4-3-5-23-16(14)21)18(27)24-15-12-6-11-7-13(15)10-20(8-11,9-12)17(22)26/h3-5,11-13,15,25H,6-10H2,1-2H3,(H2,22,26)(H,24,27). The molecule has 10 heteroatoms. The molecular formula is C20H27ClN4O4S. The number of rotatable bonds is 6. The highest BCUT2D eigenvalue weighted by molar-refractivity contribution is 7.89. The van der Waals surface area contributed by atoms with Gasteiger partial charge in [-0.15, -0.1) is 0 Å². The van der Waals surface area contributed by atoms with Gasteiger partial charge in [0.25, 0.3) is 0 Å². The minimum Gasteiger partial charge on any atom is -0.369 e. The van der Waals surface area contributed by atoms with Crippen LogP contribution in [0.5, 0.6) is 0 Å². The molecule has 1 aromatic rings. The van der Waals surface area contributed by atoms with Crippen molar-refractivity contribution < 1.29 is 18.0 Å². The lowest BCUT2D eigenvalue weighted by atomic mass is 9.47. The Labute approximate surface area is 181 Å². The number of pyridine rings is 1. The highest BCUT2D eigenvalue weighted by Gasteiger charge is 2.58. The number of sulfonamides is 1. The molecule has 4 fully saturated rings. The van der Waals surface area contributed by atoms with Crippen LogP contribution in [0.2, 0.25) is 5.15 Å². The van der Waals surface area contributed by atoms with E-state index in [-0.39, 0.29) is 33.8 Å². The van der Waals surface area contributed by atoms with Crippen LogP contribution >= 0.6 is 11.6 Å². The summed E-state index contributed by atoms with van der Waals surface area (Å²) in [6, 6.07) is 2.73. The van der Waals surface area contributed by atoms with E-state index in [9.17, 15) is 18.0 Å². The van der Waals surface area contributed by atoms with Gasteiger partial charge in [0, 0.05) is 17.7 Å². The van der Waals surface area contributed by atoms with Gasteiger partial charge in [-0.1, -0.05) is 11.6 Å². The van der Waals surface area contributed by atoms with Crippen molar-refractivity contribution in [3.8, 4) is 0 Å². The fourth-order valence-electron chi connectivity index (χ4n) is 5.90. The molecule has 0 saturated heterocycles. The third-order valence-corrected chi connectivity index (χ3v) is 9.17. The van der Waals surface area contributed by atoms with Gasteiger partial charge >= 0.3 is 0 Å². The number of primary amides is 1. The number of carbonyl (C=O) groups is 2. The van der Waals surface area contributed by atoms with Gasteiger partial charge in [0.15, 0.2) is 0 Å². The van der Waals surface area contributed by atoms with E-state index in [1.165, 1.54) is 32.2 Å². The fraction of sp³-hybridized carbons (Fsp3) is 0.650. The van der Waals surface area contributed by atoms with Crippen LogP contribution in [-0.4, -0.2) is 36.8 Å². The van der Waals surface area contributed by atoms with Crippen LogP contribution in [0.15, 0.2) is 23.2 Å². The third kappa shape index (κ3) is 3.61. The summed E-state index contributed by atoms with van der Waals surface area (Å²) in [5.74, 6) is 0.216. The van der Waals surface area contributed by atoms with E-state index in [0.717, 1.165) is 19.3 Å². The van der Waals surface area contributed by atoms with Crippen molar-refractivity contribution in [2.24, 2.45) is 28.9 Å². The molecule has 0 aromatic carbocycles. The Morgan fingerprint density at radius 3 is 2.43 bits per heavy atom. The quantitative estimate of drug-likeness (QED) is 0.561. The summed E-state index contributed by atoms with van der Waals surface area (Å²) < 4.78 is 28.0. The molecule has 4 bridgehead atoms. The highest BCUT2D eigenvalue weighted by atomic mass is 35.5. The van der Waals surface area contributed by atoms with Gasteiger partial charge in [-0.25, -0.2) is 13.4 Å². The molecule has 4 saturated carbocycles. The van der Waals surface area contributed by atoms with E-state index in [0.29, 0.717) is 18.8 Å². The van der Waals surface area contributed by atoms with Crippen LogP contribution < -0.4 is 15.8 Å². The van der Waals surface area contributed by atoms with Gasteiger partial charge in [0.1, 0.15) is 15.6 Å². The lowest BCUT2D eigenvalue weighted by Gasteiger charge is -2.59. The molecule has 0 aliphatic heterocycles. The van der Waals surface area contributed by atoms with Crippen molar-refractivity contribution in [3.05, 3.63) is 23.5 Å². The second-order valence-corrected chi connectivity index (χ2v) is 11.6. The molecule has 1 aromatic heterocycles. The molecule has 4 aliphatic carbocycles. The predicted octanol–water partition coefficient (Wildman–Crippen LogP) is 1.59. The van der Waals surface area contributed by atoms with E-state index >= 15 is 0 Å². The molecule has 2 amide bonds. The zero-order chi connectivity index (χ0) is 21.9. The second-order valence-electron chi connectivity index (χ2n) is 9.64. The number of amides is 2. The zero-order valence-corrected chi connectivity index (χ0v) is 18.6. The van der Waals surface area contributed by atoms with Crippen LogP contribution in [0.1, 0.15) is 46.0 Å². The van der Waals surface area contributed by atoms with E-state index in [1.54, 1.807) is 0 Å². The lowest BCUT2D eigenvalue weighted by Crippen LogP contribution is -2.65. The molecule has 0 radical (unpaired) electrons. The maximum Gasteiger partial charge on any atom is 0.244 e. The Hall–Kier alpha value is -1.71. The van der Waals surface area contributed by atoms with Gasteiger partial charge in [-0.2, -0.15) is 4.72 Å². The summed E-state index contributed by atoms with van der Waals surface area (Å²) >= 11 is 5.93. The molecule has 2 unspecified atom stereocenters. The van der Waals surface area contributed by atoms with Crippen LogP contribution in [-0.2, 0) is 19.6 Å². The first-order valence-electron chi connectivity index (χ1n) is 10.2. The Balaban J connectivity index is 1.49. The molecule has 2 atom stereocenters. The summed E-state index contributed by atoms with van der Waals surface area (Å²) in [5.41, 5.74) is 3.89. The van der Waals surface area contributed by atoms with Crippen molar-refractivity contribution in [1.29, 1.82) is 0 Å². The number of nitrogens with two attached hydrogens (primary N) is 1. The Morgan fingerprint density at radius 1 is 1.23 bits per heavy atom. The van der Waals surface area contributed by atoms with Crippen molar-refractivity contribution in [1.82, 2.24) is 15.0 Å². The van der Waals surface area contributed by atoms with Gasteiger partial charge in [-0.05, 0) is 75.8 Å². The van der Waals surface area contributed by atoms with Crippen LogP contribution in [0.4, 0.5) is 0 Å². The number of carbonyl (C=O) groups excluding carboxylic acids is 2. The summed E-state index contributed by atoms with van der Waals surface area (Å²) in [6.45, 7) is 3.04. The monoisotopic (exact) mass is 454 g/mol. The van der Waals surface area contributed by atoms with Gasteiger partial charge < -0.3 is 11.1 Å². The summed E-state index contributed by atoms with van der Waals surface area (Å²) in [6.07, 6.45) is 5.56. The maximum atomic E-state index is 13.1. The maximum absolute atomic E-state index is 13.1. The smallest absolute Gasteiger partial charge is 0.244 e. The predicted molar refractivity (Wildman–Crippen MR) is 111 cm³/mol. The van der Waals surface area contributed by atoms with Gasteiger partial charge in [-0.3, -0.25) is 9.59 Å². The topological polar surface area (TPSA) is 131 Å². The number of halogens is 1. The first-order chi connectivity index (χ1) is 13.9. The molecule has 30 heavy (non-hydrogen) atoms. The van der Waals surface area contributed by atoms with E-state index in [4.69, 9.17) is 17.3 Å². The van der Waals surface area contributed by atoms with Crippen LogP contribution in [0.25, 0.3) is 0 Å². The van der Waals surface area contributed by atoms with E-state index in [1.807, 2.05) is 0 Å². The molecular weight excluding hydrogens is 428 g/mol. The summed E-state index contributed by atoms with van der Waals surface area (Å²) in [5, 5.41) is 2.93. The average Bonchev–Trinajstić information content (AvgIpc) is 2.63. The SMILES string of the molecule is CC(C)(NS(=O)(=O)c1cccnc1Cl)C(=O)NC1C2CC3CC1CC(C(N)=O)(C3)C2. The van der Waals surface area contributed by atoms with Crippen molar-refractivity contribution in [3.63, 3.8) is 0 Å². The number of hydrogen-bond donors (Lipinski definition) is 3. The first-order valence-corrected chi connectivity index (χ1v) is 12.0. The Bertz CT molecular complexity index is 980. The number of nitrogens with one attached hydrogen (secondary N) is 2. The highest BCUT2D eigenvalue weighted by Crippen LogP contribution is 2.59. The van der Waals surface area contributed by atoms with Crippen molar-refractivity contribution in [2.75, 3.05) is 0 Å². The molecule has 8 nitrogen and oxygen atoms in total. The van der Waals surface area contributed by atoms with E-state index in [2.05, 4.69) is 15.0 Å². The summed E-state index contributed by atoms with van der Waals surface area (Å²) in [4.78, 5) is 28.8. The largest absolute Gasteiger partial charge is 0.369 e. The molecule has 0 spiro atoms. The lowest BCUT2D eigenvalue weighted by molar-refractivity contribution is -0.148. The molecule has 164 valence electrons. The Morgan fingerprint density at radius 2 is 1.87 bits per heavy atom. The van der Waals surface area contributed by atoms with Crippen LogP contribution in [0, 0.1) is 23.2 Å². The van der Waals surface area contributed by atoms with Crippen molar-refractivity contribution in [2.45, 2.75) is 62.4 Å². The molecule has 4 aliphatic rings. The van der Waals surface area contributed by atoms with Crippen LogP contribution in [0.3, 0.4) is 0 Å². The van der Waals surface area contributed by atoms with E-state index < -0.39 is 26.9 Å². The first kappa shape index (κ1) is 21.5. The fourth-order valence-corrected chi connectivity index (χ4v) is 7.73. The average molecular weight is 455 g/mol. The van der Waals surface area contributed by atoms with Gasteiger partial charge in [0.2, 0.25) is 21.8 Å². The molecule has 4 N–H and O–H groups in total.